The van der Waals surface area contributed by atoms with E-state index in [1.165, 1.54) is 37.9 Å². The number of nitrogens with zero attached hydrogens (tertiary/aromatic N) is 1. The standard InChI is InChI=1S/C14H18N2O/c17-13-6-4-5-12-14(13)11(9-15-12)10-16-7-2-1-3-8-16/h4-6,9,15,17H,1-3,7-8,10H2. The van der Waals surface area contributed by atoms with Crippen molar-refractivity contribution in [3.05, 3.63) is 30.0 Å². The van der Waals surface area contributed by atoms with Crippen LogP contribution in [0.25, 0.3) is 10.9 Å². The van der Waals surface area contributed by atoms with Gasteiger partial charge in [-0.3, -0.25) is 4.90 Å². The first-order valence-electron chi connectivity index (χ1n) is 6.35. The fourth-order valence-corrected chi connectivity index (χ4v) is 2.72. The van der Waals surface area contributed by atoms with E-state index in [1.807, 2.05) is 18.3 Å². The van der Waals surface area contributed by atoms with Crippen LogP contribution >= 0.6 is 0 Å². The van der Waals surface area contributed by atoms with E-state index < -0.39 is 0 Å². The lowest BCUT2D eigenvalue weighted by atomic mass is 10.1. The van der Waals surface area contributed by atoms with E-state index in [9.17, 15) is 5.11 Å². The van der Waals surface area contributed by atoms with Crippen LogP contribution in [-0.2, 0) is 6.54 Å². The first kappa shape index (κ1) is 10.7. The number of aromatic nitrogens is 1. The van der Waals surface area contributed by atoms with E-state index in [4.69, 9.17) is 0 Å². The Balaban J connectivity index is 1.89. The van der Waals surface area contributed by atoms with E-state index in [1.54, 1.807) is 6.07 Å². The number of hydrogen-bond acceptors (Lipinski definition) is 2. The molecule has 3 heteroatoms. The smallest absolute Gasteiger partial charge is 0.125 e. The lowest BCUT2D eigenvalue weighted by molar-refractivity contribution is 0.221. The molecule has 3 nitrogen and oxygen atoms in total. The van der Waals surface area contributed by atoms with Crippen LogP contribution in [0.2, 0.25) is 0 Å². The number of H-pyrrole nitrogens is 1. The van der Waals surface area contributed by atoms with Gasteiger partial charge in [0.25, 0.3) is 0 Å². The minimum atomic E-state index is 0.385. The van der Waals surface area contributed by atoms with Crippen molar-refractivity contribution in [2.24, 2.45) is 0 Å². The average molecular weight is 230 g/mol. The molecule has 0 atom stereocenters. The molecule has 1 aromatic carbocycles. The zero-order valence-electron chi connectivity index (χ0n) is 9.95. The van der Waals surface area contributed by atoms with Gasteiger partial charge < -0.3 is 10.1 Å². The third-order valence-corrected chi connectivity index (χ3v) is 3.61. The van der Waals surface area contributed by atoms with E-state index in [2.05, 4.69) is 9.88 Å². The van der Waals surface area contributed by atoms with Gasteiger partial charge in [-0.1, -0.05) is 12.5 Å². The highest BCUT2D eigenvalue weighted by molar-refractivity contribution is 5.88. The van der Waals surface area contributed by atoms with Crippen molar-refractivity contribution in [3.8, 4) is 5.75 Å². The fourth-order valence-electron chi connectivity index (χ4n) is 2.72. The van der Waals surface area contributed by atoms with Crippen molar-refractivity contribution in [2.45, 2.75) is 25.8 Å². The maximum Gasteiger partial charge on any atom is 0.125 e. The number of phenols is 1. The van der Waals surface area contributed by atoms with Crippen LogP contribution in [0.15, 0.2) is 24.4 Å². The molecule has 1 fully saturated rings. The highest BCUT2D eigenvalue weighted by Gasteiger charge is 2.14. The second-order valence-corrected chi connectivity index (χ2v) is 4.85. The van der Waals surface area contributed by atoms with Crippen LogP contribution in [0.4, 0.5) is 0 Å². The zero-order valence-corrected chi connectivity index (χ0v) is 9.95. The van der Waals surface area contributed by atoms with Crippen LogP contribution in [-0.4, -0.2) is 28.1 Å². The van der Waals surface area contributed by atoms with E-state index in [0.29, 0.717) is 5.75 Å². The van der Waals surface area contributed by atoms with Gasteiger partial charge in [-0.25, -0.2) is 0 Å². The fraction of sp³-hybridized carbons (Fsp3) is 0.429. The Morgan fingerprint density at radius 3 is 2.82 bits per heavy atom. The number of phenolic OH excluding ortho intramolecular Hbond substituents is 1. The van der Waals surface area contributed by atoms with Crippen LogP contribution in [0.3, 0.4) is 0 Å². The van der Waals surface area contributed by atoms with Gasteiger partial charge in [0.15, 0.2) is 0 Å². The van der Waals surface area contributed by atoms with E-state index in [-0.39, 0.29) is 0 Å². The van der Waals surface area contributed by atoms with Gasteiger partial charge >= 0.3 is 0 Å². The summed E-state index contributed by atoms with van der Waals surface area (Å²) in [7, 11) is 0. The number of fused-ring (bicyclic) bond motifs is 1. The second-order valence-electron chi connectivity index (χ2n) is 4.85. The van der Waals surface area contributed by atoms with Crippen molar-refractivity contribution in [1.82, 2.24) is 9.88 Å². The van der Waals surface area contributed by atoms with Crippen LogP contribution in [0.1, 0.15) is 24.8 Å². The Hall–Kier alpha value is -1.48. The summed E-state index contributed by atoms with van der Waals surface area (Å²) in [6.07, 6.45) is 5.98. The maximum atomic E-state index is 9.93. The summed E-state index contributed by atoms with van der Waals surface area (Å²) in [6.45, 7) is 3.30. The van der Waals surface area contributed by atoms with Crippen molar-refractivity contribution in [2.75, 3.05) is 13.1 Å². The monoisotopic (exact) mass is 230 g/mol. The summed E-state index contributed by atoms with van der Waals surface area (Å²) in [6, 6.07) is 5.64. The summed E-state index contributed by atoms with van der Waals surface area (Å²) >= 11 is 0. The number of aromatic hydroxyl groups is 1. The molecule has 2 aromatic rings. The summed E-state index contributed by atoms with van der Waals surface area (Å²) in [5.74, 6) is 0.385. The predicted molar refractivity (Wildman–Crippen MR) is 69.1 cm³/mol. The van der Waals surface area contributed by atoms with E-state index in [0.717, 1.165) is 17.4 Å². The molecule has 0 aliphatic carbocycles. The minimum Gasteiger partial charge on any atom is -0.507 e. The minimum absolute atomic E-state index is 0.385. The third-order valence-electron chi connectivity index (χ3n) is 3.61. The number of aromatic amines is 1. The molecule has 3 rings (SSSR count). The van der Waals surface area contributed by atoms with Gasteiger partial charge in [-0.2, -0.15) is 0 Å². The van der Waals surface area contributed by atoms with Gasteiger partial charge in [0.05, 0.1) is 0 Å². The number of hydrogen-bond donors (Lipinski definition) is 2. The molecule has 1 aromatic heterocycles. The Morgan fingerprint density at radius 2 is 2.00 bits per heavy atom. The highest BCUT2D eigenvalue weighted by atomic mass is 16.3. The Morgan fingerprint density at radius 1 is 1.18 bits per heavy atom. The first-order chi connectivity index (χ1) is 8.34. The van der Waals surface area contributed by atoms with Crippen molar-refractivity contribution < 1.29 is 5.11 Å². The van der Waals surface area contributed by atoms with Gasteiger partial charge in [-0.05, 0) is 43.6 Å². The molecule has 1 aliphatic heterocycles. The lowest BCUT2D eigenvalue weighted by Crippen LogP contribution is -2.28. The Labute approximate surface area is 101 Å². The molecule has 0 radical (unpaired) electrons. The third kappa shape index (κ3) is 2.03. The number of benzene rings is 1. The molecule has 1 aliphatic rings. The van der Waals surface area contributed by atoms with Gasteiger partial charge in [0.2, 0.25) is 0 Å². The summed E-state index contributed by atoms with van der Waals surface area (Å²) in [4.78, 5) is 5.70. The molecule has 90 valence electrons. The molecule has 17 heavy (non-hydrogen) atoms. The van der Waals surface area contributed by atoms with E-state index >= 15 is 0 Å². The molecule has 1 saturated heterocycles. The molecule has 0 spiro atoms. The second kappa shape index (κ2) is 4.41. The van der Waals surface area contributed by atoms with Gasteiger partial charge in [0, 0.05) is 23.6 Å². The quantitative estimate of drug-likeness (QED) is 0.832. The molecule has 0 amide bonds. The molecule has 0 bridgehead atoms. The van der Waals surface area contributed by atoms with Crippen LogP contribution in [0, 0.1) is 0 Å². The molecular weight excluding hydrogens is 212 g/mol. The first-order valence-corrected chi connectivity index (χ1v) is 6.35. The summed E-state index contributed by atoms with van der Waals surface area (Å²) < 4.78 is 0. The number of nitrogens with one attached hydrogen (secondary N) is 1. The molecule has 0 unspecified atom stereocenters. The topological polar surface area (TPSA) is 39.3 Å². The van der Waals surface area contributed by atoms with Crippen LogP contribution in [0.5, 0.6) is 5.75 Å². The lowest BCUT2D eigenvalue weighted by Gasteiger charge is -2.26. The maximum absolute atomic E-state index is 9.93. The Bertz CT molecular complexity index is 512. The van der Waals surface area contributed by atoms with Crippen molar-refractivity contribution in [3.63, 3.8) is 0 Å². The molecular formula is C14H18N2O. The molecule has 2 N–H and O–H groups in total. The predicted octanol–water partition coefficient (Wildman–Crippen LogP) is 2.86. The van der Waals surface area contributed by atoms with Crippen molar-refractivity contribution >= 4 is 10.9 Å². The Kier molecular flexibility index (Phi) is 2.77. The summed E-state index contributed by atoms with van der Waals surface area (Å²) in [5.41, 5.74) is 2.23. The zero-order chi connectivity index (χ0) is 11.7. The number of likely N-dealkylation sites (tertiary alicyclic amines) is 1. The van der Waals surface area contributed by atoms with Gasteiger partial charge in [-0.15, -0.1) is 0 Å². The largest absolute Gasteiger partial charge is 0.507 e. The number of piperidine rings is 1. The average Bonchev–Trinajstić information content (AvgIpc) is 2.75. The summed E-state index contributed by atoms with van der Waals surface area (Å²) in [5, 5.41) is 10.9. The molecule has 0 saturated carbocycles. The SMILES string of the molecule is Oc1cccc2[nH]cc(CN3CCCCC3)c12. The van der Waals surface area contributed by atoms with Crippen LogP contribution < -0.4 is 0 Å². The van der Waals surface area contributed by atoms with Gasteiger partial charge in [0.1, 0.15) is 5.75 Å². The van der Waals surface area contributed by atoms with Crippen molar-refractivity contribution in [1.29, 1.82) is 0 Å². The molecule has 2 heterocycles. The normalized spacial score (nSPS) is 17.6. The number of rotatable bonds is 2. The highest BCUT2D eigenvalue weighted by Crippen LogP contribution is 2.28.